The summed E-state index contributed by atoms with van der Waals surface area (Å²) in [5.74, 6) is -1.50. The van der Waals surface area contributed by atoms with Crippen molar-refractivity contribution in [2.24, 2.45) is 0 Å². The van der Waals surface area contributed by atoms with Crippen molar-refractivity contribution in [2.45, 2.75) is 32.5 Å². The van der Waals surface area contributed by atoms with Crippen molar-refractivity contribution in [3.8, 4) is 0 Å². The number of thioether (sulfide) groups is 1. The van der Waals surface area contributed by atoms with E-state index in [1.165, 1.54) is 30.2 Å². The summed E-state index contributed by atoms with van der Waals surface area (Å²) in [7, 11) is 0. The second kappa shape index (κ2) is 8.04. The fourth-order valence-electron chi connectivity index (χ4n) is 2.36. The van der Waals surface area contributed by atoms with Crippen LogP contribution in [-0.4, -0.2) is 45.3 Å². The van der Waals surface area contributed by atoms with Crippen molar-refractivity contribution in [2.75, 3.05) is 23.9 Å². The Hall–Kier alpha value is -2.82. The van der Waals surface area contributed by atoms with Crippen LogP contribution in [0.5, 0.6) is 0 Å². The average molecular weight is 381 g/mol. The second-order valence-electron chi connectivity index (χ2n) is 5.19. The molecule has 0 aliphatic heterocycles. The molecule has 2 aromatic rings. The van der Waals surface area contributed by atoms with Crippen molar-refractivity contribution in [3.63, 3.8) is 0 Å². The third kappa shape index (κ3) is 3.87. The Balaban J connectivity index is 2.32. The molecule has 2 aromatic heterocycles. The number of carbonyl (C=O) groups is 3. The van der Waals surface area contributed by atoms with Crippen LogP contribution in [0.25, 0.3) is 0 Å². The monoisotopic (exact) mass is 381 g/mol. The van der Waals surface area contributed by atoms with Crippen molar-refractivity contribution in [1.82, 2.24) is 14.8 Å². The molecule has 0 aromatic carbocycles. The van der Waals surface area contributed by atoms with Crippen molar-refractivity contribution >= 4 is 41.3 Å². The smallest absolute Gasteiger partial charge is 0.344 e. The lowest BCUT2D eigenvalue weighted by atomic mass is 10.1. The summed E-state index contributed by atoms with van der Waals surface area (Å²) in [6.45, 7) is 4.39. The van der Waals surface area contributed by atoms with E-state index < -0.39 is 11.9 Å². The zero-order valence-electron chi connectivity index (χ0n) is 14.8. The van der Waals surface area contributed by atoms with Gasteiger partial charge < -0.3 is 14.9 Å². The zero-order chi connectivity index (χ0) is 19.4. The highest BCUT2D eigenvalue weighted by atomic mass is 32.2. The van der Waals surface area contributed by atoms with E-state index in [0.29, 0.717) is 5.16 Å². The van der Waals surface area contributed by atoms with Crippen molar-refractivity contribution < 1.29 is 23.5 Å². The summed E-state index contributed by atoms with van der Waals surface area (Å²) in [4.78, 5) is 36.5. The highest BCUT2D eigenvalue weighted by Crippen LogP contribution is 2.28. The van der Waals surface area contributed by atoms with Crippen molar-refractivity contribution in [3.05, 3.63) is 16.9 Å². The Morgan fingerprint density at radius 2 is 2.00 bits per heavy atom. The minimum Gasteiger partial charge on any atom is -0.462 e. The Morgan fingerprint density at radius 1 is 1.31 bits per heavy atom. The van der Waals surface area contributed by atoms with Crippen LogP contribution in [0.3, 0.4) is 0 Å². The van der Waals surface area contributed by atoms with E-state index in [9.17, 15) is 14.4 Å². The van der Waals surface area contributed by atoms with E-state index in [1.807, 2.05) is 0 Å². The number of nitrogens with two attached hydrogens (primary N) is 1. The lowest BCUT2D eigenvalue weighted by Crippen LogP contribution is -2.22. The Kier molecular flexibility index (Phi) is 6.03. The standard InChI is InChI=1S/C15H19N5O5S/c1-5-24-13(23)11-10(7(2)21)8(3)25-12(11)17-9(22)6-20-14(16)18-19-15(20)26-4/h5-6H2,1-4H3,(H2,16,18)(H,17,22). The number of furan rings is 1. The molecule has 3 N–H and O–H groups in total. The predicted molar refractivity (Wildman–Crippen MR) is 94.3 cm³/mol. The summed E-state index contributed by atoms with van der Waals surface area (Å²) in [5.41, 5.74) is 5.67. The van der Waals surface area contributed by atoms with E-state index in [2.05, 4.69) is 15.5 Å². The van der Waals surface area contributed by atoms with Crippen LogP contribution < -0.4 is 11.1 Å². The van der Waals surface area contributed by atoms with E-state index in [-0.39, 0.29) is 47.7 Å². The summed E-state index contributed by atoms with van der Waals surface area (Å²) in [5, 5.41) is 10.5. The summed E-state index contributed by atoms with van der Waals surface area (Å²) in [6.07, 6.45) is 1.77. The molecule has 0 unspecified atom stereocenters. The number of aryl methyl sites for hydroxylation is 1. The van der Waals surface area contributed by atoms with E-state index >= 15 is 0 Å². The number of rotatable bonds is 7. The Labute approximate surface area is 153 Å². The van der Waals surface area contributed by atoms with Gasteiger partial charge in [0.1, 0.15) is 17.9 Å². The fourth-order valence-corrected chi connectivity index (χ4v) is 2.86. The molecule has 0 aliphatic rings. The Bertz CT molecular complexity index is 857. The summed E-state index contributed by atoms with van der Waals surface area (Å²) >= 11 is 1.28. The first-order valence-corrected chi connectivity index (χ1v) is 8.86. The fraction of sp³-hybridized carbons (Fsp3) is 0.400. The molecule has 11 heteroatoms. The van der Waals surface area contributed by atoms with Gasteiger partial charge in [-0.25, -0.2) is 4.79 Å². The quantitative estimate of drug-likeness (QED) is 0.414. The largest absolute Gasteiger partial charge is 0.462 e. The van der Waals surface area contributed by atoms with Gasteiger partial charge in [0, 0.05) is 0 Å². The molecule has 0 bridgehead atoms. The third-order valence-electron chi connectivity index (χ3n) is 3.40. The molecule has 0 aliphatic carbocycles. The number of aromatic nitrogens is 3. The highest BCUT2D eigenvalue weighted by molar-refractivity contribution is 7.98. The average Bonchev–Trinajstić information content (AvgIpc) is 3.07. The van der Waals surface area contributed by atoms with Gasteiger partial charge in [0.25, 0.3) is 0 Å². The number of ether oxygens (including phenoxy) is 1. The van der Waals surface area contributed by atoms with Crippen LogP contribution in [0, 0.1) is 6.92 Å². The highest BCUT2D eigenvalue weighted by Gasteiger charge is 2.29. The normalized spacial score (nSPS) is 10.6. The predicted octanol–water partition coefficient (Wildman–Crippen LogP) is 1.50. The maximum Gasteiger partial charge on any atom is 0.344 e. The van der Waals surface area contributed by atoms with Gasteiger partial charge in [-0.1, -0.05) is 11.8 Å². The molecule has 1 amide bonds. The first-order chi connectivity index (χ1) is 12.3. The lowest BCUT2D eigenvalue weighted by Gasteiger charge is -2.08. The summed E-state index contributed by atoms with van der Waals surface area (Å²) < 4.78 is 11.8. The number of hydrogen-bond donors (Lipinski definition) is 2. The molecule has 140 valence electrons. The first-order valence-electron chi connectivity index (χ1n) is 7.64. The number of nitrogens with zero attached hydrogens (tertiary/aromatic N) is 3. The third-order valence-corrected chi connectivity index (χ3v) is 4.07. The topological polar surface area (TPSA) is 142 Å². The van der Waals surface area contributed by atoms with Gasteiger partial charge in [0.05, 0.1) is 12.2 Å². The molecule has 0 atom stereocenters. The second-order valence-corrected chi connectivity index (χ2v) is 5.97. The number of esters is 1. The van der Waals surface area contributed by atoms with Crippen LogP contribution in [0.4, 0.5) is 11.8 Å². The molecule has 2 heterocycles. The van der Waals surface area contributed by atoms with Crippen LogP contribution in [0.2, 0.25) is 0 Å². The van der Waals surface area contributed by atoms with Crippen LogP contribution in [-0.2, 0) is 16.1 Å². The van der Waals surface area contributed by atoms with E-state index in [1.54, 1.807) is 13.2 Å². The number of hydrogen-bond acceptors (Lipinski definition) is 9. The van der Waals surface area contributed by atoms with Crippen LogP contribution >= 0.6 is 11.8 Å². The van der Waals surface area contributed by atoms with Gasteiger partial charge in [-0.3, -0.25) is 19.5 Å². The lowest BCUT2D eigenvalue weighted by molar-refractivity contribution is -0.116. The van der Waals surface area contributed by atoms with Gasteiger partial charge in [0.2, 0.25) is 17.7 Å². The number of anilines is 2. The number of carbonyl (C=O) groups excluding carboxylic acids is 3. The number of ketones is 1. The number of amides is 1. The molecule has 0 saturated heterocycles. The van der Waals surface area contributed by atoms with E-state index in [0.717, 1.165) is 0 Å². The molecular formula is C15H19N5O5S. The molecule has 0 saturated carbocycles. The zero-order valence-corrected chi connectivity index (χ0v) is 15.6. The van der Waals surface area contributed by atoms with Gasteiger partial charge in [0.15, 0.2) is 10.9 Å². The molecule has 2 rings (SSSR count). The maximum atomic E-state index is 12.4. The SMILES string of the molecule is CCOC(=O)c1c(NC(=O)Cn2c(N)nnc2SC)oc(C)c1C(C)=O. The minimum absolute atomic E-state index is 0.0763. The molecule has 26 heavy (non-hydrogen) atoms. The molecule has 0 fully saturated rings. The van der Waals surface area contributed by atoms with Crippen LogP contribution in [0.15, 0.2) is 9.57 Å². The van der Waals surface area contributed by atoms with Gasteiger partial charge in [-0.15, -0.1) is 10.2 Å². The minimum atomic E-state index is -0.751. The number of nitrogen functional groups attached to an aromatic ring is 1. The first kappa shape index (κ1) is 19.5. The molecule has 0 spiro atoms. The number of nitrogens with one attached hydrogen (secondary N) is 1. The maximum absolute atomic E-state index is 12.4. The van der Waals surface area contributed by atoms with E-state index in [4.69, 9.17) is 14.9 Å². The molecular weight excluding hydrogens is 362 g/mol. The molecule has 10 nitrogen and oxygen atoms in total. The summed E-state index contributed by atoms with van der Waals surface area (Å²) in [6, 6.07) is 0. The van der Waals surface area contributed by atoms with Gasteiger partial charge >= 0.3 is 5.97 Å². The van der Waals surface area contributed by atoms with Gasteiger partial charge in [-0.05, 0) is 27.0 Å². The Morgan fingerprint density at radius 3 is 2.58 bits per heavy atom. The number of Topliss-reactive ketones (excluding diaryl/α,β-unsaturated/α-hetero) is 1. The molecule has 0 radical (unpaired) electrons. The van der Waals surface area contributed by atoms with Crippen molar-refractivity contribution in [1.29, 1.82) is 0 Å². The van der Waals surface area contributed by atoms with Gasteiger partial charge in [-0.2, -0.15) is 0 Å². The van der Waals surface area contributed by atoms with Crippen LogP contribution in [0.1, 0.15) is 40.3 Å².